The van der Waals surface area contributed by atoms with Crippen LogP contribution >= 0.6 is 0 Å². The minimum absolute atomic E-state index is 0.0653. The molecular weight excluding hydrogens is 412 g/mol. The Balaban J connectivity index is 1.50. The standard InChI is InChI=1S/C23H26N4O5/c1-2-32-18-9-7-17(8-10-18)24-23(30)27-16-22(29)26(19-5-3-4-6-20(19)27)15-21(28)25-11-13-31-14-12-25/h3-10H,2,11-16H2,1H3,(H,24,30). The number of hydrogen-bond acceptors (Lipinski definition) is 5. The van der Waals surface area contributed by atoms with Gasteiger partial charge in [0.25, 0.3) is 0 Å². The predicted molar refractivity (Wildman–Crippen MR) is 120 cm³/mol. The molecule has 2 heterocycles. The average molecular weight is 438 g/mol. The highest BCUT2D eigenvalue weighted by molar-refractivity contribution is 6.15. The molecule has 0 atom stereocenters. The third-order valence-corrected chi connectivity index (χ3v) is 5.38. The smallest absolute Gasteiger partial charge is 0.326 e. The SMILES string of the molecule is CCOc1ccc(NC(=O)N2CC(=O)N(CC(=O)N3CCOCC3)c3ccccc32)cc1. The summed E-state index contributed by atoms with van der Waals surface area (Å²) in [7, 11) is 0. The lowest BCUT2D eigenvalue weighted by Gasteiger charge is -2.37. The summed E-state index contributed by atoms with van der Waals surface area (Å²) in [6.07, 6.45) is 0. The van der Waals surface area contributed by atoms with Crippen LogP contribution in [-0.2, 0) is 14.3 Å². The number of nitrogens with zero attached hydrogens (tertiary/aromatic N) is 3. The number of para-hydroxylation sites is 2. The first-order chi connectivity index (χ1) is 15.6. The van der Waals surface area contributed by atoms with Gasteiger partial charge in [0.2, 0.25) is 11.8 Å². The summed E-state index contributed by atoms with van der Waals surface area (Å²) in [5.74, 6) is 0.264. The van der Waals surface area contributed by atoms with Crippen LogP contribution in [0.4, 0.5) is 21.9 Å². The minimum atomic E-state index is -0.422. The molecule has 0 aliphatic carbocycles. The first-order valence-corrected chi connectivity index (χ1v) is 10.6. The van der Waals surface area contributed by atoms with Gasteiger partial charge in [0.15, 0.2) is 0 Å². The quantitative estimate of drug-likeness (QED) is 0.774. The Morgan fingerprint density at radius 2 is 1.72 bits per heavy atom. The molecule has 168 valence electrons. The molecule has 1 N–H and O–H groups in total. The van der Waals surface area contributed by atoms with Crippen LogP contribution in [0.5, 0.6) is 5.75 Å². The van der Waals surface area contributed by atoms with Gasteiger partial charge in [-0.05, 0) is 43.3 Å². The summed E-state index contributed by atoms with van der Waals surface area (Å²) >= 11 is 0. The van der Waals surface area contributed by atoms with Crippen molar-refractivity contribution in [2.45, 2.75) is 6.92 Å². The average Bonchev–Trinajstić information content (AvgIpc) is 2.82. The Labute approximate surface area is 186 Å². The van der Waals surface area contributed by atoms with E-state index < -0.39 is 6.03 Å². The van der Waals surface area contributed by atoms with Crippen LogP contribution in [0.2, 0.25) is 0 Å². The molecule has 0 bridgehead atoms. The fourth-order valence-electron chi connectivity index (χ4n) is 3.76. The molecule has 2 aliphatic heterocycles. The molecule has 32 heavy (non-hydrogen) atoms. The van der Waals surface area contributed by atoms with Gasteiger partial charge in [-0.2, -0.15) is 0 Å². The van der Waals surface area contributed by atoms with Crippen molar-refractivity contribution >= 4 is 34.9 Å². The van der Waals surface area contributed by atoms with E-state index in [1.807, 2.05) is 6.92 Å². The highest BCUT2D eigenvalue weighted by Crippen LogP contribution is 2.34. The summed E-state index contributed by atoms with van der Waals surface area (Å²) in [6, 6.07) is 13.7. The maximum Gasteiger partial charge on any atom is 0.326 e. The van der Waals surface area contributed by atoms with E-state index in [-0.39, 0.29) is 24.9 Å². The molecule has 4 amide bonds. The van der Waals surface area contributed by atoms with Gasteiger partial charge in [0.1, 0.15) is 18.8 Å². The molecule has 9 heteroatoms. The van der Waals surface area contributed by atoms with Crippen LogP contribution in [0.1, 0.15) is 6.92 Å². The number of rotatable bonds is 5. The van der Waals surface area contributed by atoms with E-state index in [4.69, 9.17) is 9.47 Å². The molecule has 0 unspecified atom stereocenters. The third kappa shape index (κ3) is 4.67. The van der Waals surface area contributed by atoms with Crippen molar-refractivity contribution in [3.05, 3.63) is 48.5 Å². The number of carbonyl (C=O) groups is 3. The summed E-state index contributed by atoms with van der Waals surface area (Å²) in [5.41, 5.74) is 1.70. The third-order valence-electron chi connectivity index (χ3n) is 5.38. The number of ether oxygens (including phenoxy) is 2. The van der Waals surface area contributed by atoms with E-state index in [1.54, 1.807) is 53.4 Å². The second-order valence-electron chi connectivity index (χ2n) is 7.44. The summed E-state index contributed by atoms with van der Waals surface area (Å²) in [5, 5.41) is 2.82. The molecule has 1 fully saturated rings. The lowest BCUT2D eigenvalue weighted by molar-refractivity contribution is -0.135. The maximum absolute atomic E-state index is 13.0. The molecule has 4 rings (SSSR count). The number of fused-ring (bicyclic) bond motifs is 1. The Bertz CT molecular complexity index is 988. The van der Waals surface area contributed by atoms with E-state index in [2.05, 4.69) is 5.32 Å². The number of urea groups is 1. The zero-order chi connectivity index (χ0) is 22.5. The first-order valence-electron chi connectivity index (χ1n) is 10.6. The molecule has 0 spiro atoms. The van der Waals surface area contributed by atoms with Crippen LogP contribution in [0.3, 0.4) is 0 Å². The number of nitrogens with one attached hydrogen (secondary N) is 1. The minimum Gasteiger partial charge on any atom is -0.494 e. The van der Waals surface area contributed by atoms with Crippen molar-refractivity contribution < 1.29 is 23.9 Å². The molecule has 0 aromatic heterocycles. The lowest BCUT2D eigenvalue weighted by atomic mass is 10.1. The Hall–Kier alpha value is -3.59. The molecule has 1 saturated heterocycles. The fourth-order valence-corrected chi connectivity index (χ4v) is 3.76. The number of anilines is 3. The number of benzene rings is 2. The second-order valence-corrected chi connectivity index (χ2v) is 7.44. The highest BCUT2D eigenvalue weighted by atomic mass is 16.5. The van der Waals surface area contributed by atoms with Crippen molar-refractivity contribution in [3.8, 4) is 5.75 Å². The maximum atomic E-state index is 13.0. The van der Waals surface area contributed by atoms with Crippen LogP contribution < -0.4 is 19.9 Å². The number of morpholine rings is 1. The zero-order valence-electron chi connectivity index (χ0n) is 18.0. The zero-order valence-corrected chi connectivity index (χ0v) is 18.0. The first kappa shape index (κ1) is 21.6. The van der Waals surface area contributed by atoms with Gasteiger partial charge in [-0.25, -0.2) is 4.79 Å². The monoisotopic (exact) mass is 438 g/mol. The lowest BCUT2D eigenvalue weighted by Crippen LogP contribution is -2.53. The van der Waals surface area contributed by atoms with Crippen molar-refractivity contribution in [3.63, 3.8) is 0 Å². The Kier molecular flexibility index (Phi) is 6.55. The Morgan fingerprint density at radius 1 is 1.03 bits per heavy atom. The van der Waals surface area contributed by atoms with Gasteiger partial charge in [-0.1, -0.05) is 12.1 Å². The van der Waals surface area contributed by atoms with Gasteiger partial charge >= 0.3 is 6.03 Å². The van der Waals surface area contributed by atoms with Crippen molar-refractivity contribution in [1.29, 1.82) is 0 Å². The molecule has 2 aromatic carbocycles. The summed E-state index contributed by atoms with van der Waals surface area (Å²) in [6.45, 7) is 4.26. The molecular formula is C23H26N4O5. The number of carbonyl (C=O) groups excluding carboxylic acids is 3. The molecule has 9 nitrogen and oxygen atoms in total. The summed E-state index contributed by atoms with van der Waals surface area (Å²) < 4.78 is 10.7. The fraction of sp³-hybridized carbons (Fsp3) is 0.348. The van der Waals surface area contributed by atoms with Crippen molar-refractivity contribution in [1.82, 2.24) is 4.90 Å². The largest absolute Gasteiger partial charge is 0.494 e. The normalized spacial score (nSPS) is 15.9. The van der Waals surface area contributed by atoms with Crippen LogP contribution in [0.25, 0.3) is 0 Å². The Morgan fingerprint density at radius 3 is 2.41 bits per heavy atom. The number of amides is 4. The molecule has 0 radical (unpaired) electrons. The summed E-state index contributed by atoms with van der Waals surface area (Å²) in [4.78, 5) is 43.2. The van der Waals surface area contributed by atoms with E-state index >= 15 is 0 Å². The second kappa shape index (κ2) is 9.69. The van der Waals surface area contributed by atoms with Gasteiger partial charge in [-0.3, -0.25) is 19.4 Å². The van der Waals surface area contributed by atoms with E-state index in [1.165, 1.54) is 9.80 Å². The topological polar surface area (TPSA) is 91.4 Å². The highest BCUT2D eigenvalue weighted by Gasteiger charge is 2.34. The van der Waals surface area contributed by atoms with Crippen LogP contribution in [-0.4, -0.2) is 68.7 Å². The van der Waals surface area contributed by atoms with E-state index in [0.717, 1.165) is 0 Å². The van der Waals surface area contributed by atoms with Gasteiger partial charge in [0, 0.05) is 18.8 Å². The number of hydrogen-bond donors (Lipinski definition) is 1. The van der Waals surface area contributed by atoms with Gasteiger partial charge in [-0.15, -0.1) is 0 Å². The van der Waals surface area contributed by atoms with Gasteiger partial charge in [0.05, 0.1) is 31.2 Å². The van der Waals surface area contributed by atoms with Crippen molar-refractivity contribution in [2.24, 2.45) is 0 Å². The van der Waals surface area contributed by atoms with Crippen molar-refractivity contribution in [2.75, 3.05) is 61.1 Å². The molecule has 0 saturated carbocycles. The van der Waals surface area contributed by atoms with Crippen LogP contribution in [0, 0.1) is 0 Å². The van der Waals surface area contributed by atoms with Gasteiger partial charge < -0.3 is 19.7 Å². The predicted octanol–water partition coefficient (Wildman–Crippen LogP) is 2.33. The van der Waals surface area contributed by atoms with Crippen LogP contribution in [0.15, 0.2) is 48.5 Å². The molecule has 2 aliphatic rings. The van der Waals surface area contributed by atoms with E-state index in [9.17, 15) is 14.4 Å². The van der Waals surface area contributed by atoms with E-state index in [0.29, 0.717) is 55.7 Å². The molecule has 2 aromatic rings.